The summed E-state index contributed by atoms with van der Waals surface area (Å²) in [6, 6.07) is 38.0. The molecule has 616 valence electrons. The van der Waals surface area contributed by atoms with Gasteiger partial charge in [0.15, 0.2) is 0 Å². The first-order chi connectivity index (χ1) is 55.2. The molecule has 7 aromatic heterocycles. The first-order valence-electron chi connectivity index (χ1n) is 32.0. The summed E-state index contributed by atoms with van der Waals surface area (Å²) in [5.74, 6) is -3.25. The number of carboxylic acids is 1. The van der Waals surface area contributed by atoms with Gasteiger partial charge >= 0.3 is 70.9 Å². The fraction of sp³-hybridized carbons (Fsp3) is 0.160. The van der Waals surface area contributed by atoms with Crippen molar-refractivity contribution in [3.05, 3.63) is 243 Å². The molecule has 13 aromatic rings. The third kappa shape index (κ3) is 32.5. The van der Waals surface area contributed by atoms with E-state index >= 15 is 0 Å². The number of ether oxygens (including phenoxy) is 3. The van der Waals surface area contributed by atoms with E-state index in [-0.39, 0.29) is 119 Å². The maximum Gasteiger partial charge on any atom is 1.00 e. The maximum absolute atomic E-state index is 12.6. The molecule has 121 heavy (non-hydrogen) atoms. The molecule has 1 atom stereocenters. The molecule has 1 unspecified atom stereocenters. The van der Waals surface area contributed by atoms with Gasteiger partial charge in [-0.05, 0) is 134 Å². The van der Waals surface area contributed by atoms with Crippen LogP contribution in [0.1, 0.15) is 105 Å². The molecule has 0 amide bonds. The van der Waals surface area contributed by atoms with Gasteiger partial charge in [0.25, 0.3) is 23.7 Å². The minimum Gasteiger partial charge on any atom is -1.00 e. The van der Waals surface area contributed by atoms with Gasteiger partial charge in [-0.1, -0.05) is 50.7 Å². The molecule has 46 heteroatoms. The van der Waals surface area contributed by atoms with Crippen molar-refractivity contribution < 1.29 is 118 Å². The van der Waals surface area contributed by atoms with Gasteiger partial charge in [0.1, 0.15) is 51.7 Å². The van der Waals surface area contributed by atoms with Gasteiger partial charge in [-0.25, -0.2) is 52.4 Å². The van der Waals surface area contributed by atoms with Crippen LogP contribution in [0.2, 0.25) is 5.15 Å². The predicted molar refractivity (Wildman–Crippen MR) is 441 cm³/mol. The number of nitro groups is 2. The van der Waals surface area contributed by atoms with E-state index in [1.54, 1.807) is 81.4 Å². The summed E-state index contributed by atoms with van der Waals surface area (Å²) in [4.78, 5) is 123. The van der Waals surface area contributed by atoms with Gasteiger partial charge in [-0.15, -0.1) is 0 Å². The number of hydrogen-bond donors (Lipinski definition) is 9. The zero-order valence-electron chi connectivity index (χ0n) is 63.8. The summed E-state index contributed by atoms with van der Waals surface area (Å²) in [7, 11) is 0. The molecule has 0 radical (unpaired) electrons. The summed E-state index contributed by atoms with van der Waals surface area (Å²) in [5.41, 5.74) is 13.3. The molecule has 13 rings (SSSR count). The third-order valence-corrected chi connectivity index (χ3v) is 14.5. The number of carboxylic acid groups (broad SMARTS) is 2. The molecule has 0 aliphatic rings. The first-order valence-corrected chi connectivity index (χ1v) is 36.8. The van der Waals surface area contributed by atoms with Crippen molar-refractivity contribution in [3.63, 3.8) is 0 Å². The first kappa shape index (κ1) is 109. The second kappa shape index (κ2) is 54.1. The molecule has 0 saturated carbocycles. The molecule has 0 saturated heterocycles. The minimum absolute atomic E-state index is 0. The Morgan fingerprint density at radius 3 is 1.44 bits per heavy atom. The van der Waals surface area contributed by atoms with E-state index in [9.17, 15) is 48.4 Å². The number of carbonyl (C=O) groups is 5. The van der Waals surface area contributed by atoms with E-state index in [0.29, 0.717) is 73.8 Å². The fourth-order valence-corrected chi connectivity index (χ4v) is 9.93. The van der Waals surface area contributed by atoms with Crippen LogP contribution in [0.3, 0.4) is 0 Å². The van der Waals surface area contributed by atoms with E-state index in [4.69, 9.17) is 91.3 Å². The van der Waals surface area contributed by atoms with E-state index in [1.807, 2.05) is 37.3 Å². The van der Waals surface area contributed by atoms with Crippen LogP contribution < -0.4 is 47.0 Å². The maximum atomic E-state index is 12.6. The summed E-state index contributed by atoms with van der Waals surface area (Å²) in [6.45, 7) is 21.6. The minimum atomic E-state index is -3.22. The smallest absolute Gasteiger partial charge is 1.00 e. The number of nitrogens with two attached hydrogens (primary N) is 1. The number of nitriles is 6. The number of aromatic nitrogens is 10. The standard InChI is InChI=1S/C12H8N4.C12H9N3O4.C12H11N3O2.C11H5ClN4.C11H6N4O.C7H3FN2O2.C5H7NO2.C2H4O2.CH2O2.2CH4.Cl3OP.H3N.Na.Zn.H/c1-7-11-9-3-2-8(5-13)4-10(9)16-12(11)15-6-14-7;1-3-19-12(16)11(14-2)9-5-4-8(7-13)6-10(9)15(17)18;1-2-17-12(16)10-8-4-3-7(6-13)5-9(8)15-11(10)14;12-10-9-7-2-1-6(4-13)3-8(7)16-11(9)15-5-14-10;12-4-6-1-2-7-8(3-6)15-10-9(7)11(16)14-5-13-10;8-6-2-1-5(4-9)3-7(6)10(11)12;1-3-8-5(7)4-6-2;1-2(3)4;2-1-3;;;1-5(2,3)4;;;;/h2-4,6H,1H3,(H,14,15,16);4-6,11H,3H2,1H3;3-5,15H,2,14H2,1H3;1-3,5H,(H,14,15,16);1-3,5H,(H2,13,14,15,16);1-3H;3-4H2,1H3;1H3,(H,3,4);1H,(H,2,3);2*1H4;;1H3;;;/q;;;;;;;;;;;;;+1;;-1. The summed E-state index contributed by atoms with van der Waals surface area (Å²) >= 11 is 19.9. The van der Waals surface area contributed by atoms with Crippen LogP contribution in [-0.2, 0) is 57.4 Å². The van der Waals surface area contributed by atoms with Crippen LogP contribution in [0.25, 0.3) is 86.4 Å². The third-order valence-electron chi connectivity index (χ3n) is 14.2. The normalized spacial score (nSPS) is 9.57. The number of nitrogen functional groups attached to an aromatic ring is 1. The zero-order valence-corrected chi connectivity index (χ0v) is 71.6. The Hall–Kier alpha value is -13.9. The second-order valence-corrected chi connectivity index (χ2v) is 28.6. The number of halogens is 5. The Labute approximate surface area is 741 Å². The monoisotopic (exact) mass is 1810 g/mol. The van der Waals surface area contributed by atoms with Crippen molar-refractivity contribution in [1.29, 1.82) is 31.6 Å². The van der Waals surface area contributed by atoms with E-state index in [0.717, 1.165) is 79.9 Å². The largest absolute Gasteiger partial charge is 1.00 e. The molecule has 0 aliphatic carbocycles. The SMILES string of the molecule is C.C.CC(=O)O.CCOC(=O)c1c(N)[nH]c2cc(C#N)ccc12.Cc1ncnc2[nH]c3cc(C#N)ccc3c12.N.N#Cc1ccc(F)c([N+](=O)[O-])c1.N#Cc1ccc2c(c1)[nH]c1nc[nH]c(=O)c12.N#Cc1ccc2c(c1)[nH]c1ncnc(Cl)c12.O=CO.O=P(Cl)(Cl)Cl.[C-]#[N+]C(C(=O)OCC)c1ccc(C#N)cc1[N+](=O)[O-].[C-]#[N+]CC(=O)OCC.[H-].[Na+].[Zn]. The fourth-order valence-electron chi connectivity index (χ4n) is 9.70. The number of nitrogens with zero attached hydrogens (tertiary/aromatic N) is 15. The van der Waals surface area contributed by atoms with Crippen molar-refractivity contribution in [2.24, 2.45) is 0 Å². The number of anilines is 1. The molecular weight excluding hydrogens is 1750 g/mol. The molecule has 0 spiro atoms. The van der Waals surface area contributed by atoms with Crippen LogP contribution in [0.4, 0.5) is 21.6 Å². The quantitative estimate of drug-likeness (QED) is 0.00746. The number of aliphatic carboxylic acids is 1. The number of hydrogen-bond acceptors (Lipinski definition) is 27. The number of nitrogens with one attached hydrogen (secondary N) is 5. The van der Waals surface area contributed by atoms with Crippen LogP contribution in [-0.4, -0.2) is 127 Å². The number of benzene rings is 6. The molecule has 38 nitrogen and oxygen atoms in total. The number of aromatic amines is 5. The van der Waals surface area contributed by atoms with E-state index in [2.05, 4.69) is 116 Å². The molecular formula is C75H67Cl4FN22NaO16PZn. The summed E-state index contributed by atoms with van der Waals surface area (Å²) in [5, 5.41) is 90.6. The molecule has 6 aromatic carbocycles. The predicted octanol–water partition coefficient (Wildman–Crippen LogP) is 13.2. The topological polar surface area (TPSA) is 630 Å². The second-order valence-electron chi connectivity index (χ2n) is 21.6. The van der Waals surface area contributed by atoms with Gasteiger partial charge in [-0.2, -0.15) is 36.0 Å². The molecule has 12 N–H and O–H groups in total. The summed E-state index contributed by atoms with van der Waals surface area (Å²) < 4.78 is 36.2. The number of fused-ring (bicyclic) bond motifs is 10. The number of nitro benzene ring substituents is 2. The van der Waals surface area contributed by atoms with Crippen molar-refractivity contribution in [1.82, 2.24) is 56.0 Å². The van der Waals surface area contributed by atoms with Gasteiger partial charge < -0.3 is 67.5 Å². The van der Waals surface area contributed by atoms with Crippen LogP contribution in [0.5, 0.6) is 0 Å². The Morgan fingerprint density at radius 1 is 0.645 bits per heavy atom. The summed E-state index contributed by atoms with van der Waals surface area (Å²) in [6.07, 6.45) is 4.30. The molecule has 0 aliphatic heterocycles. The van der Waals surface area contributed by atoms with Crippen molar-refractivity contribution in [3.8, 4) is 36.4 Å². The van der Waals surface area contributed by atoms with Crippen LogP contribution >= 0.6 is 50.5 Å². The van der Waals surface area contributed by atoms with Crippen molar-refractivity contribution in [2.45, 2.75) is 55.5 Å². The molecule has 7 heterocycles. The zero-order chi connectivity index (χ0) is 86.5. The Kier molecular flexibility index (Phi) is 48.8. The average Bonchev–Trinajstić information content (AvgIpc) is 1.64. The Bertz CT molecular complexity index is 6220. The van der Waals surface area contributed by atoms with Crippen LogP contribution in [0.15, 0.2) is 133 Å². The van der Waals surface area contributed by atoms with Gasteiger partial charge in [-0.3, -0.25) is 44.0 Å². The van der Waals surface area contributed by atoms with Gasteiger partial charge in [0.05, 0.1) is 122 Å². The number of H-pyrrole nitrogens is 5. The number of rotatable bonds is 9. The van der Waals surface area contributed by atoms with Gasteiger partial charge in [0.2, 0.25) is 5.82 Å². The Morgan fingerprint density at radius 2 is 1.02 bits per heavy atom. The van der Waals surface area contributed by atoms with E-state index < -0.39 is 62.2 Å². The Balaban J connectivity index is -0.00000132. The van der Waals surface area contributed by atoms with E-state index in [1.165, 1.54) is 37.2 Å². The van der Waals surface area contributed by atoms with Gasteiger partial charge in [0, 0.05) is 87.5 Å². The number of esters is 3. The van der Waals surface area contributed by atoms with Crippen molar-refractivity contribution in [2.75, 3.05) is 32.1 Å². The molecule has 0 bridgehead atoms. The number of carbonyl (C=O) groups excluding carboxylic acids is 3. The number of aryl methyl sites for hydroxylation is 1. The van der Waals surface area contributed by atoms with Crippen LogP contribution in [0, 0.1) is 114 Å². The average molecular weight is 1810 g/mol. The van der Waals surface area contributed by atoms with Crippen molar-refractivity contribution >= 4 is 175 Å². The molecule has 0 fully saturated rings.